The first-order chi connectivity index (χ1) is 15.1. The number of fused-ring (bicyclic) bond motifs is 4. The van der Waals surface area contributed by atoms with E-state index < -0.39 is 0 Å². The van der Waals surface area contributed by atoms with Gasteiger partial charge in [-0.05, 0) is 54.9 Å². The van der Waals surface area contributed by atoms with Gasteiger partial charge in [-0.25, -0.2) is 0 Å². The highest BCUT2D eigenvalue weighted by molar-refractivity contribution is 5.89. The zero-order valence-corrected chi connectivity index (χ0v) is 18.5. The summed E-state index contributed by atoms with van der Waals surface area (Å²) in [5.74, 6) is 1.77. The van der Waals surface area contributed by atoms with E-state index in [0.29, 0.717) is 11.8 Å². The predicted molar refractivity (Wildman–Crippen MR) is 124 cm³/mol. The molecule has 1 amide bonds. The molecule has 5 rings (SSSR count). The summed E-state index contributed by atoms with van der Waals surface area (Å²) in [6.07, 6.45) is 8.13. The molecule has 31 heavy (non-hydrogen) atoms. The van der Waals surface area contributed by atoms with Gasteiger partial charge < -0.3 is 14.8 Å². The van der Waals surface area contributed by atoms with Gasteiger partial charge in [0, 0.05) is 62.0 Å². The lowest BCUT2D eigenvalue weighted by Gasteiger charge is -2.44. The van der Waals surface area contributed by atoms with E-state index in [9.17, 15) is 9.59 Å². The number of anilines is 1. The van der Waals surface area contributed by atoms with Crippen LogP contribution in [0.3, 0.4) is 0 Å². The minimum atomic E-state index is -0.0669. The van der Waals surface area contributed by atoms with Crippen LogP contribution in [0.1, 0.15) is 57.1 Å². The van der Waals surface area contributed by atoms with E-state index in [0.717, 1.165) is 42.4 Å². The molecule has 2 aliphatic heterocycles. The van der Waals surface area contributed by atoms with Crippen LogP contribution in [0.15, 0.2) is 41.2 Å². The summed E-state index contributed by atoms with van der Waals surface area (Å²) in [5.41, 5.74) is 4.42. The summed E-state index contributed by atoms with van der Waals surface area (Å²) in [6.45, 7) is 5.78. The maximum atomic E-state index is 12.8. The number of pyridine rings is 1. The number of carbonyl (C=O) groups is 1. The van der Waals surface area contributed by atoms with Gasteiger partial charge in [-0.3, -0.25) is 9.59 Å². The zero-order chi connectivity index (χ0) is 21.4. The average molecular weight is 420 g/mol. The quantitative estimate of drug-likeness (QED) is 0.795. The molecule has 0 unspecified atom stereocenters. The number of rotatable bonds is 4. The summed E-state index contributed by atoms with van der Waals surface area (Å²) < 4.78 is 2.05. The molecule has 2 atom stereocenters. The van der Waals surface area contributed by atoms with Crippen LogP contribution in [0, 0.1) is 11.8 Å². The molecule has 1 saturated heterocycles. The summed E-state index contributed by atoms with van der Waals surface area (Å²) in [5, 5.41) is 2.83. The van der Waals surface area contributed by atoms with E-state index in [1.165, 1.54) is 57.7 Å². The van der Waals surface area contributed by atoms with Crippen molar-refractivity contribution in [2.75, 3.05) is 25.0 Å². The van der Waals surface area contributed by atoms with Crippen molar-refractivity contribution in [3.63, 3.8) is 0 Å². The average Bonchev–Trinajstić information content (AvgIpc) is 2.75. The van der Waals surface area contributed by atoms with Crippen LogP contribution in [0.2, 0.25) is 0 Å². The summed E-state index contributed by atoms with van der Waals surface area (Å²) >= 11 is 0. The van der Waals surface area contributed by atoms with Crippen LogP contribution < -0.4 is 10.9 Å². The van der Waals surface area contributed by atoms with Crippen LogP contribution in [0.5, 0.6) is 0 Å². The summed E-state index contributed by atoms with van der Waals surface area (Å²) in [7, 11) is 0. The van der Waals surface area contributed by atoms with Gasteiger partial charge in [0.2, 0.25) is 5.91 Å². The topological polar surface area (TPSA) is 54.3 Å². The van der Waals surface area contributed by atoms with Crippen molar-refractivity contribution in [2.24, 2.45) is 11.8 Å². The Bertz CT molecular complexity index is 1000. The maximum Gasteiger partial charge on any atom is 0.250 e. The molecule has 3 heterocycles. The van der Waals surface area contributed by atoms with Crippen LogP contribution in [-0.2, 0) is 11.3 Å². The number of benzene rings is 1. The smallest absolute Gasteiger partial charge is 0.250 e. The molecule has 0 radical (unpaired) electrons. The molecule has 0 spiro atoms. The second kappa shape index (κ2) is 8.62. The fraction of sp³-hybridized carbons (Fsp3) is 0.538. The van der Waals surface area contributed by atoms with Gasteiger partial charge in [-0.2, -0.15) is 0 Å². The van der Waals surface area contributed by atoms with Gasteiger partial charge in [0.1, 0.15) is 0 Å². The van der Waals surface area contributed by atoms with Crippen LogP contribution in [0.4, 0.5) is 5.69 Å². The second-order valence-electron chi connectivity index (χ2n) is 9.86. The third-order valence-electron chi connectivity index (χ3n) is 7.42. The van der Waals surface area contributed by atoms with Crippen molar-refractivity contribution in [3.8, 4) is 11.1 Å². The van der Waals surface area contributed by atoms with Crippen LogP contribution in [-0.4, -0.2) is 35.0 Å². The Morgan fingerprint density at radius 3 is 2.52 bits per heavy atom. The molecule has 2 aromatic rings. The first-order valence-corrected chi connectivity index (χ1v) is 11.9. The molecule has 2 bridgehead atoms. The minimum absolute atomic E-state index is 0.0669. The highest BCUT2D eigenvalue weighted by Gasteiger charge is 2.36. The van der Waals surface area contributed by atoms with Gasteiger partial charge in [0.15, 0.2) is 0 Å². The van der Waals surface area contributed by atoms with Gasteiger partial charge >= 0.3 is 0 Å². The number of hydrogen-bond acceptors (Lipinski definition) is 3. The Morgan fingerprint density at radius 1 is 1.00 bits per heavy atom. The fourth-order valence-corrected chi connectivity index (χ4v) is 6.18. The molecule has 5 nitrogen and oxygen atoms in total. The molecular formula is C26H33N3O2. The van der Waals surface area contributed by atoms with Crippen molar-refractivity contribution in [1.29, 1.82) is 0 Å². The molecule has 164 valence electrons. The van der Waals surface area contributed by atoms with Crippen molar-refractivity contribution < 1.29 is 4.79 Å². The van der Waals surface area contributed by atoms with E-state index in [1.807, 2.05) is 22.8 Å². The third-order valence-corrected chi connectivity index (χ3v) is 7.42. The lowest BCUT2D eigenvalue weighted by molar-refractivity contribution is -0.114. The fourth-order valence-electron chi connectivity index (χ4n) is 6.18. The molecule has 3 aliphatic rings. The van der Waals surface area contributed by atoms with Gasteiger partial charge in [-0.15, -0.1) is 0 Å². The highest BCUT2D eigenvalue weighted by atomic mass is 16.1. The number of nitrogens with zero attached hydrogens (tertiary/aromatic N) is 2. The Balaban J connectivity index is 1.43. The first kappa shape index (κ1) is 20.5. The number of aromatic nitrogens is 1. The van der Waals surface area contributed by atoms with Gasteiger partial charge in [0.25, 0.3) is 5.56 Å². The Labute approximate surface area is 184 Å². The van der Waals surface area contributed by atoms with E-state index in [-0.39, 0.29) is 11.5 Å². The summed E-state index contributed by atoms with van der Waals surface area (Å²) in [6, 6.07) is 11.7. The zero-order valence-electron chi connectivity index (χ0n) is 18.5. The van der Waals surface area contributed by atoms with E-state index in [1.54, 1.807) is 6.07 Å². The molecule has 5 heteroatoms. The third kappa shape index (κ3) is 4.33. The number of likely N-dealkylation sites (tertiary alicyclic amines) is 1. The first-order valence-electron chi connectivity index (χ1n) is 11.9. The van der Waals surface area contributed by atoms with Crippen molar-refractivity contribution >= 4 is 11.6 Å². The lowest BCUT2D eigenvalue weighted by Crippen LogP contribution is -2.48. The second-order valence-corrected chi connectivity index (χ2v) is 9.86. The number of nitrogens with one attached hydrogen (secondary N) is 1. The SMILES string of the molecule is CC(=O)Nc1ccc(-c2ccc(=O)n3c2[C@H]2C[C@@H](CN(CC4CCCCC4)C2)C3)cc1. The number of carbonyl (C=O) groups excluding carboxylic acids is 1. The minimum Gasteiger partial charge on any atom is -0.326 e. The molecule has 1 saturated carbocycles. The van der Waals surface area contributed by atoms with Crippen molar-refractivity contribution in [1.82, 2.24) is 9.47 Å². The lowest BCUT2D eigenvalue weighted by atomic mass is 9.79. The monoisotopic (exact) mass is 419 g/mol. The van der Waals surface area contributed by atoms with E-state index in [2.05, 4.69) is 22.3 Å². The van der Waals surface area contributed by atoms with Gasteiger partial charge in [-0.1, -0.05) is 31.4 Å². The van der Waals surface area contributed by atoms with E-state index >= 15 is 0 Å². The predicted octanol–water partition coefficient (Wildman–Crippen LogP) is 4.47. The Morgan fingerprint density at radius 2 is 1.77 bits per heavy atom. The Hall–Kier alpha value is -2.40. The number of piperidine rings is 1. The van der Waals surface area contributed by atoms with Crippen LogP contribution in [0.25, 0.3) is 11.1 Å². The molecular weight excluding hydrogens is 386 g/mol. The standard InChI is InChI=1S/C26H33N3O2/c1-18(30)27-23-9-7-21(8-10-23)24-11-12-25(31)29-16-20-13-22(26(24)29)17-28(15-20)14-19-5-3-2-4-6-19/h7-12,19-20,22H,2-6,13-17H2,1H3,(H,27,30)/t20-,22-/m0/s1. The molecule has 2 fully saturated rings. The van der Waals surface area contributed by atoms with Crippen LogP contribution >= 0.6 is 0 Å². The molecule has 1 aliphatic carbocycles. The molecule has 1 N–H and O–H groups in total. The van der Waals surface area contributed by atoms with Gasteiger partial charge in [0.05, 0.1) is 0 Å². The van der Waals surface area contributed by atoms with E-state index in [4.69, 9.17) is 0 Å². The molecule has 1 aromatic heterocycles. The molecule has 1 aromatic carbocycles. The normalized spacial score (nSPS) is 23.9. The maximum absolute atomic E-state index is 12.8. The Kier molecular flexibility index (Phi) is 5.70. The number of hydrogen-bond donors (Lipinski definition) is 1. The highest BCUT2D eigenvalue weighted by Crippen LogP contribution is 2.40. The number of amides is 1. The summed E-state index contributed by atoms with van der Waals surface area (Å²) in [4.78, 5) is 26.8. The van der Waals surface area contributed by atoms with Crippen molar-refractivity contribution in [2.45, 2.75) is 57.9 Å². The largest absolute Gasteiger partial charge is 0.326 e. The van der Waals surface area contributed by atoms with Crippen molar-refractivity contribution in [3.05, 3.63) is 52.4 Å².